The number of likely N-dealkylation sites (tertiary alicyclic amines) is 1. The van der Waals surface area contributed by atoms with Crippen molar-refractivity contribution in [3.05, 3.63) is 35.9 Å². The molecule has 1 aromatic rings. The van der Waals surface area contributed by atoms with E-state index in [1.165, 1.54) is 5.56 Å². The minimum Gasteiger partial charge on any atom is -0.361 e. The topological polar surface area (TPSA) is 29.5 Å². The Bertz CT molecular complexity index is 327. The average Bonchev–Trinajstić information content (AvgIpc) is 2.33. The molecule has 3 nitrogen and oxygen atoms in total. The van der Waals surface area contributed by atoms with Crippen LogP contribution in [0.1, 0.15) is 18.4 Å². The molecule has 1 aliphatic heterocycles. The lowest BCUT2D eigenvalue weighted by Gasteiger charge is -2.25. The third kappa shape index (κ3) is 3.43. The number of ketones is 1. The van der Waals surface area contributed by atoms with E-state index in [1.807, 2.05) is 18.2 Å². The Morgan fingerprint density at radius 3 is 2.50 bits per heavy atom. The summed E-state index contributed by atoms with van der Waals surface area (Å²) < 4.78 is 5.61. The van der Waals surface area contributed by atoms with Gasteiger partial charge in [-0.15, -0.1) is 0 Å². The maximum Gasteiger partial charge on any atom is 0.135 e. The summed E-state index contributed by atoms with van der Waals surface area (Å²) in [5.41, 5.74) is 1.19. The van der Waals surface area contributed by atoms with Gasteiger partial charge in [0.15, 0.2) is 0 Å². The number of benzene rings is 1. The molecule has 0 bridgehead atoms. The number of rotatable bonds is 4. The Labute approximate surface area is 96.0 Å². The number of hydrogen-bond acceptors (Lipinski definition) is 3. The van der Waals surface area contributed by atoms with Gasteiger partial charge in [0, 0.05) is 25.9 Å². The molecule has 2 rings (SSSR count). The highest BCUT2D eigenvalue weighted by Gasteiger charge is 2.15. The van der Waals surface area contributed by atoms with Gasteiger partial charge in [0.2, 0.25) is 0 Å². The third-order valence-electron chi connectivity index (χ3n) is 2.80. The second kappa shape index (κ2) is 5.77. The van der Waals surface area contributed by atoms with Gasteiger partial charge in [0.05, 0.1) is 13.3 Å². The van der Waals surface area contributed by atoms with Crippen LogP contribution in [0, 0.1) is 0 Å². The lowest BCUT2D eigenvalue weighted by Crippen LogP contribution is -2.35. The van der Waals surface area contributed by atoms with Gasteiger partial charge >= 0.3 is 0 Å². The number of ether oxygens (including phenoxy) is 1. The van der Waals surface area contributed by atoms with Crippen molar-refractivity contribution in [3.63, 3.8) is 0 Å². The number of carbonyl (C=O) groups is 1. The van der Waals surface area contributed by atoms with Crippen molar-refractivity contribution >= 4 is 5.78 Å². The third-order valence-corrected chi connectivity index (χ3v) is 2.80. The van der Waals surface area contributed by atoms with E-state index in [0.717, 1.165) is 13.1 Å². The second-order valence-electron chi connectivity index (χ2n) is 4.12. The molecule has 0 N–H and O–H groups in total. The monoisotopic (exact) mass is 219 g/mol. The van der Waals surface area contributed by atoms with Crippen molar-refractivity contribution in [3.8, 4) is 0 Å². The van der Waals surface area contributed by atoms with Crippen molar-refractivity contribution in [1.82, 2.24) is 4.90 Å². The molecule has 1 heterocycles. The second-order valence-corrected chi connectivity index (χ2v) is 4.12. The van der Waals surface area contributed by atoms with E-state index in [-0.39, 0.29) is 0 Å². The minimum atomic E-state index is 0.374. The molecule has 0 saturated carbocycles. The Hall–Kier alpha value is -1.19. The van der Waals surface area contributed by atoms with Crippen molar-refractivity contribution in [1.29, 1.82) is 0 Å². The van der Waals surface area contributed by atoms with Gasteiger partial charge < -0.3 is 4.74 Å². The molecular formula is C13H17NO2. The molecule has 86 valence electrons. The number of Topliss-reactive ketones (excluding diaryl/α,β-unsaturated/α-hetero) is 1. The number of carbonyl (C=O) groups excluding carboxylic acids is 1. The molecule has 1 fully saturated rings. The summed E-state index contributed by atoms with van der Waals surface area (Å²) in [5, 5.41) is 0. The number of hydrogen-bond donors (Lipinski definition) is 0. The van der Waals surface area contributed by atoms with Crippen LogP contribution in [0.5, 0.6) is 0 Å². The first-order valence-corrected chi connectivity index (χ1v) is 5.70. The summed E-state index contributed by atoms with van der Waals surface area (Å²) >= 11 is 0. The van der Waals surface area contributed by atoms with E-state index < -0.39 is 0 Å². The molecule has 0 spiro atoms. The van der Waals surface area contributed by atoms with Gasteiger partial charge in [0.25, 0.3) is 0 Å². The highest BCUT2D eigenvalue weighted by atomic mass is 16.5. The molecule has 0 radical (unpaired) electrons. The fraction of sp³-hybridized carbons (Fsp3) is 0.462. The van der Waals surface area contributed by atoms with Crippen LogP contribution in [0.3, 0.4) is 0 Å². The smallest absolute Gasteiger partial charge is 0.135 e. The van der Waals surface area contributed by atoms with Crippen LogP contribution < -0.4 is 0 Å². The lowest BCUT2D eigenvalue weighted by molar-refractivity contribution is -0.122. The zero-order valence-electron chi connectivity index (χ0n) is 9.39. The Morgan fingerprint density at radius 1 is 1.12 bits per heavy atom. The van der Waals surface area contributed by atoms with Gasteiger partial charge in [-0.05, 0) is 5.56 Å². The maximum atomic E-state index is 11.0. The van der Waals surface area contributed by atoms with Gasteiger partial charge in [0.1, 0.15) is 5.78 Å². The zero-order chi connectivity index (χ0) is 11.2. The molecule has 1 saturated heterocycles. The molecule has 0 unspecified atom stereocenters. The summed E-state index contributed by atoms with van der Waals surface area (Å²) in [5.74, 6) is 0.374. The molecule has 0 aromatic heterocycles. The normalized spacial score (nSPS) is 17.6. The summed E-state index contributed by atoms with van der Waals surface area (Å²) in [6.45, 7) is 2.95. The van der Waals surface area contributed by atoms with Crippen LogP contribution in [0.15, 0.2) is 30.3 Å². The fourth-order valence-electron chi connectivity index (χ4n) is 1.80. The van der Waals surface area contributed by atoms with Crippen LogP contribution in [-0.2, 0) is 16.1 Å². The van der Waals surface area contributed by atoms with Crippen LogP contribution >= 0.6 is 0 Å². The van der Waals surface area contributed by atoms with Crippen LogP contribution in [0.4, 0.5) is 0 Å². The zero-order valence-corrected chi connectivity index (χ0v) is 9.39. The SMILES string of the molecule is O=C1CCN(COCc2ccccc2)CC1. The van der Waals surface area contributed by atoms with Gasteiger partial charge in [-0.1, -0.05) is 30.3 Å². The highest BCUT2D eigenvalue weighted by molar-refractivity contribution is 5.79. The first-order chi connectivity index (χ1) is 7.84. The molecule has 0 aliphatic carbocycles. The lowest BCUT2D eigenvalue weighted by atomic mass is 10.1. The Kier molecular flexibility index (Phi) is 4.08. The number of piperidine rings is 1. The van der Waals surface area contributed by atoms with Crippen LogP contribution in [-0.4, -0.2) is 30.5 Å². The van der Waals surface area contributed by atoms with E-state index in [9.17, 15) is 4.79 Å². The first kappa shape index (κ1) is 11.3. The van der Waals surface area contributed by atoms with Crippen LogP contribution in [0.25, 0.3) is 0 Å². The van der Waals surface area contributed by atoms with Gasteiger partial charge in [-0.2, -0.15) is 0 Å². The molecule has 16 heavy (non-hydrogen) atoms. The summed E-state index contributed by atoms with van der Waals surface area (Å²) in [6, 6.07) is 10.1. The van der Waals surface area contributed by atoms with E-state index in [1.54, 1.807) is 0 Å². The van der Waals surface area contributed by atoms with Crippen molar-refractivity contribution in [2.24, 2.45) is 0 Å². The standard InChI is InChI=1S/C13H17NO2/c15-13-6-8-14(9-7-13)11-16-10-12-4-2-1-3-5-12/h1-5H,6-11H2. The largest absolute Gasteiger partial charge is 0.361 e. The van der Waals surface area contributed by atoms with Gasteiger partial charge in [-0.25, -0.2) is 0 Å². The fourth-order valence-corrected chi connectivity index (χ4v) is 1.80. The van der Waals surface area contributed by atoms with Crippen LogP contribution in [0.2, 0.25) is 0 Å². The van der Waals surface area contributed by atoms with Gasteiger partial charge in [-0.3, -0.25) is 9.69 Å². The molecule has 1 aliphatic rings. The highest BCUT2D eigenvalue weighted by Crippen LogP contribution is 2.06. The molecular weight excluding hydrogens is 202 g/mol. The molecule has 0 amide bonds. The van der Waals surface area contributed by atoms with E-state index in [4.69, 9.17) is 4.74 Å². The van der Waals surface area contributed by atoms with E-state index >= 15 is 0 Å². The Morgan fingerprint density at radius 2 is 1.81 bits per heavy atom. The predicted molar refractivity (Wildman–Crippen MR) is 61.9 cm³/mol. The minimum absolute atomic E-state index is 0.374. The Balaban J connectivity index is 1.67. The average molecular weight is 219 g/mol. The summed E-state index contributed by atoms with van der Waals surface area (Å²) in [4.78, 5) is 13.2. The quantitative estimate of drug-likeness (QED) is 0.773. The maximum absolute atomic E-state index is 11.0. The summed E-state index contributed by atoms with van der Waals surface area (Å²) in [7, 11) is 0. The molecule has 0 atom stereocenters. The molecule has 1 aromatic carbocycles. The van der Waals surface area contributed by atoms with Crippen molar-refractivity contribution in [2.75, 3.05) is 19.8 Å². The number of nitrogens with zero attached hydrogens (tertiary/aromatic N) is 1. The van der Waals surface area contributed by atoms with E-state index in [0.29, 0.717) is 32.0 Å². The van der Waals surface area contributed by atoms with Crippen molar-refractivity contribution < 1.29 is 9.53 Å². The van der Waals surface area contributed by atoms with Crippen molar-refractivity contribution in [2.45, 2.75) is 19.4 Å². The predicted octanol–water partition coefficient (Wildman–Crippen LogP) is 1.83. The molecule has 3 heteroatoms. The van der Waals surface area contributed by atoms with E-state index in [2.05, 4.69) is 17.0 Å². The first-order valence-electron chi connectivity index (χ1n) is 5.70. The summed E-state index contributed by atoms with van der Waals surface area (Å²) in [6.07, 6.45) is 1.35.